The minimum absolute atomic E-state index is 0. The molecule has 4 aromatic rings. The first-order valence-electron chi connectivity index (χ1n) is 10.5. The molecule has 4 nitrogen and oxygen atoms in total. The SMILES string of the molecule is CC(C)(C)c1ccnc(-c2cc(C(C)(C)C)ccn2)c1.[Pt+2].[S-]c1nc2ccccc2nc1[S-]. The Morgan fingerprint density at radius 3 is 1.30 bits per heavy atom. The molecule has 0 aliphatic rings. The summed E-state index contributed by atoms with van der Waals surface area (Å²) in [6, 6.07) is 16.0. The van der Waals surface area contributed by atoms with E-state index in [2.05, 4.69) is 85.7 Å². The molecule has 0 saturated carbocycles. The van der Waals surface area contributed by atoms with Crippen molar-refractivity contribution in [3.63, 3.8) is 0 Å². The third-order valence-corrected chi connectivity index (χ3v) is 5.72. The van der Waals surface area contributed by atoms with E-state index in [1.807, 2.05) is 36.7 Å². The topological polar surface area (TPSA) is 51.6 Å². The Bertz CT molecular complexity index is 1130. The van der Waals surface area contributed by atoms with Crippen LogP contribution in [-0.4, -0.2) is 19.9 Å². The maximum atomic E-state index is 4.90. The number of pyridine rings is 2. The second kappa shape index (κ2) is 10.9. The summed E-state index contributed by atoms with van der Waals surface area (Å²) in [6.45, 7) is 13.3. The number of hydrogen-bond acceptors (Lipinski definition) is 6. The minimum atomic E-state index is 0. The van der Waals surface area contributed by atoms with Gasteiger partial charge in [0.2, 0.25) is 0 Å². The van der Waals surface area contributed by atoms with Crippen molar-refractivity contribution < 1.29 is 21.1 Å². The van der Waals surface area contributed by atoms with Gasteiger partial charge in [0.15, 0.2) is 0 Å². The average molecular weight is 656 g/mol. The molecule has 0 spiro atoms. The molecule has 4 rings (SSSR count). The number of rotatable bonds is 1. The van der Waals surface area contributed by atoms with Crippen LogP contribution in [0, 0.1) is 0 Å². The number of benzene rings is 1. The van der Waals surface area contributed by atoms with Gasteiger partial charge in [-0.15, -0.1) is 0 Å². The number of hydrogen-bond donors (Lipinski definition) is 0. The van der Waals surface area contributed by atoms with Gasteiger partial charge in [-0.05, 0) is 58.4 Å². The van der Waals surface area contributed by atoms with Crippen LogP contribution in [0.3, 0.4) is 0 Å². The van der Waals surface area contributed by atoms with Crippen molar-refractivity contribution in [2.75, 3.05) is 0 Å². The van der Waals surface area contributed by atoms with Gasteiger partial charge in [0.05, 0.1) is 22.4 Å². The molecule has 0 bridgehead atoms. The fraction of sp³-hybridized carbons (Fsp3) is 0.308. The van der Waals surface area contributed by atoms with Crippen LogP contribution in [0.2, 0.25) is 0 Å². The van der Waals surface area contributed by atoms with Crippen LogP contribution in [0.5, 0.6) is 0 Å². The minimum Gasteiger partial charge on any atom is -0.760 e. The second-order valence-electron chi connectivity index (χ2n) is 9.68. The van der Waals surface area contributed by atoms with Gasteiger partial charge < -0.3 is 25.3 Å². The first kappa shape index (κ1) is 27.2. The molecule has 33 heavy (non-hydrogen) atoms. The van der Waals surface area contributed by atoms with E-state index < -0.39 is 0 Å². The van der Waals surface area contributed by atoms with Gasteiger partial charge in [-0.25, -0.2) is 0 Å². The van der Waals surface area contributed by atoms with E-state index in [1.54, 1.807) is 0 Å². The average Bonchev–Trinajstić information content (AvgIpc) is 2.74. The zero-order valence-corrected chi connectivity index (χ0v) is 23.6. The second-order valence-corrected chi connectivity index (χ2v) is 10.5. The number of nitrogens with zero attached hydrogens (tertiary/aromatic N) is 4. The van der Waals surface area contributed by atoms with Gasteiger partial charge in [0.25, 0.3) is 0 Å². The standard InChI is InChI=1S/C18H24N2.C8H6N2S2.Pt/c1-17(2,3)13-7-9-19-15(11-13)16-12-14(8-10-20-16)18(4,5)6;11-7-8(12)10-6-4-2-1-3-5(6)9-7;/h7-12H,1-6H3;1-4H,(H,9,11)(H,10,12);/q;;+2/p-2. The Labute approximate surface area is 222 Å². The predicted octanol–water partition coefficient (Wildman–Crippen LogP) is 6.18. The van der Waals surface area contributed by atoms with Crippen LogP contribution in [0.1, 0.15) is 52.7 Å². The van der Waals surface area contributed by atoms with Gasteiger partial charge in [0.1, 0.15) is 0 Å². The molecule has 0 fully saturated rings. The first-order chi connectivity index (χ1) is 14.9. The van der Waals surface area contributed by atoms with Crippen molar-refractivity contribution in [2.24, 2.45) is 0 Å². The van der Waals surface area contributed by atoms with Crippen LogP contribution in [0.15, 0.2) is 71.0 Å². The smallest absolute Gasteiger partial charge is 0.760 e. The molecule has 0 amide bonds. The van der Waals surface area contributed by atoms with E-state index in [4.69, 9.17) is 25.3 Å². The third kappa shape index (κ3) is 7.23. The van der Waals surface area contributed by atoms with E-state index in [0.29, 0.717) is 10.1 Å². The molecule has 174 valence electrons. The van der Waals surface area contributed by atoms with Crippen LogP contribution in [0.25, 0.3) is 22.4 Å². The molecule has 3 heterocycles. The molecular weight excluding hydrogens is 628 g/mol. The summed E-state index contributed by atoms with van der Waals surface area (Å²) < 4.78 is 0. The summed E-state index contributed by atoms with van der Waals surface area (Å²) in [5, 5.41) is 0.812. The largest absolute Gasteiger partial charge is 2.00 e. The summed E-state index contributed by atoms with van der Waals surface area (Å²) in [5.74, 6) is 0. The Hall–Kier alpha value is -2.01. The molecule has 0 aliphatic heterocycles. The third-order valence-electron chi connectivity index (χ3n) is 5.02. The molecule has 0 atom stereocenters. The molecule has 1 aromatic carbocycles. The molecular formula is C26H28N4PtS2. The zero-order valence-electron chi connectivity index (χ0n) is 19.7. The van der Waals surface area contributed by atoms with E-state index in [1.165, 1.54) is 11.1 Å². The number of para-hydroxylation sites is 2. The van der Waals surface area contributed by atoms with Crippen LogP contribution in [-0.2, 0) is 57.2 Å². The van der Waals surface area contributed by atoms with Gasteiger partial charge in [-0.1, -0.05) is 63.7 Å². The molecule has 0 aliphatic carbocycles. The summed E-state index contributed by atoms with van der Waals surface area (Å²) in [7, 11) is 0. The van der Waals surface area contributed by atoms with Gasteiger partial charge in [0, 0.05) is 12.4 Å². The summed E-state index contributed by atoms with van der Waals surface area (Å²) in [4.78, 5) is 17.2. The number of aromatic nitrogens is 4. The number of fused-ring (bicyclic) bond motifs is 1. The fourth-order valence-corrected chi connectivity index (χ4v) is 3.33. The zero-order chi connectivity index (χ0) is 23.5. The molecule has 0 radical (unpaired) electrons. The molecule has 3 aromatic heterocycles. The van der Waals surface area contributed by atoms with E-state index in [-0.39, 0.29) is 31.9 Å². The maximum absolute atomic E-state index is 4.90. The van der Waals surface area contributed by atoms with Crippen molar-refractivity contribution in [3.05, 3.63) is 72.1 Å². The molecule has 0 saturated heterocycles. The monoisotopic (exact) mass is 655 g/mol. The molecule has 0 unspecified atom stereocenters. The Morgan fingerprint density at radius 2 is 0.970 bits per heavy atom. The Morgan fingerprint density at radius 1 is 0.606 bits per heavy atom. The van der Waals surface area contributed by atoms with Crippen molar-refractivity contribution in [1.82, 2.24) is 19.9 Å². The van der Waals surface area contributed by atoms with Crippen molar-refractivity contribution in [2.45, 2.75) is 62.4 Å². The van der Waals surface area contributed by atoms with Gasteiger partial charge >= 0.3 is 21.1 Å². The molecule has 0 N–H and O–H groups in total. The van der Waals surface area contributed by atoms with Gasteiger partial charge in [-0.3, -0.25) is 19.9 Å². The van der Waals surface area contributed by atoms with Crippen LogP contribution >= 0.6 is 0 Å². The predicted molar refractivity (Wildman–Crippen MR) is 136 cm³/mol. The van der Waals surface area contributed by atoms with Crippen LogP contribution < -0.4 is 0 Å². The van der Waals surface area contributed by atoms with E-state index in [9.17, 15) is 0 Å². The summed E-state index contributed by atoms with van der Waals surface area (Å²) >= 11 is 9.81. The fourth-order valence-electron chi connectivity index (χ4n) is 3.04. The maximum Gasteiger partial charge on any atom is 2.00 e. The van der Waals surface area contributed by atoms with Crippen LogP contribution in [0.4, 0.5) is 0 Å². The quantitative estimate of drug-likeness (QED) is 0.229. The van der Waals surface area contributed by atoms with Crippen molar-refractivity contribution in [1.29, 1.82) is 0 Å². The normalized spacial score (nSPS) is 11.3. The molecule has 7 heteroatoms. The summed E-state index contributed by atoms with van der Waals surface area (Å²) in [5.41, 5.74) is 6.31. The van der Waals surface area contributed by atoms with Crippen molar-refractivity contribution in [3.8, 4) is 11.4 Å². The summed E-state index contributed by atoms with van der Waals surface area (Å²) in [6.07, 6.45) is 3.75. The Kier molecular flexibility index (Phi) is 9.03. The van der Waals surface area contributed by atoms with Crippen molar-refractivity contribution >= 4 is 36.3 Å². The van der Waals surface area contributed by atoms with Gasteiger partial charge in [-0.2, -0.15) is 0 Å². The van der Waals surface area contributed by atoms with E-state index in [0.717, 1.165) is 22.4 Å². The van der Waals surface area contributed by atoms with E-state index >= 15 is 0 Å². The Balaban J connectivity index is 0.000000253. The first-order valence-corrected chi connectivity index (χ1v) is 11.3.